The molecule has 0 saturated carbocycles. The van der Waals surface area contributed by atoms with E-state index in [4.69, 9.17) is 0 Å². The molecular formula is C30H37N3O4S2. The van der Waals surface area contributed by atoms with Gasteiger partial charge in [-0.05, 0) is 68.0 Å². The van der Waals surface area contributed by atoms with Crippen molar-refractivity contribution in [2.75, 3.05) is 23.7 Å². The second-order valence-electron chi connectivity index (χ2n) is 9.25. The van der Waals surface area contributed by atoms with Crippen molar-refractivity contribution >= 4 is 39.3 Å². The number of nitrogens with one attached hydrogen (secondary N) is 1. The first-order valence-corrected chi connectivity index (χ1v) is 15.7. The lowest BCUT2D eigenvalue weighted by molar-refractivity contribution is -0.140. The molecule has 2 amide bonds. The second-order valence-corrected chi connectivity index (χ2v) is 12.0. The summed E-state index contributed by atoms with van der Waals surface area (Å²) in [6.45, 7) is 5.96. The molecular weight excluding hydrogens is 530 g/mol. The van der Waals surface area contributed by atoms with Crippen LogP contribution in [0.25, 0.3) is 0 Å². The number of carbonyl (C=O) groups is 2. The average molecular weight is 568 g/mol. The highest BCUT2D eigenvalue weighted by molar-refractivity contribution is 7.98. The number of aryl methyl sites for hydroxylation is 1. The number of carbonyl (C=O) groups excluding carboxylic acids is 2. The van der Waals surface area contributed by atoms with E-state index >= 15 is 0 Å². The van der Waals surface area contributed by atoms with E-state index in [-0.39, 0.29) is 17.3 Å². The standard InChI is InChI=1S/C30H37N3O4S2/c1-5-20-31-30(35)28(6-2)32(21-24-10-8-7-9-11-24)29(34)22-33(25-14-12-23(3)13-15-25)39(36,37)27-18-16-26(38-4)17-19-27/h7-19,28H,5-6,20-22H2,1-4H3,(H,31,35)/t28-/m0/s1. The van der Waals surface area contributed by atoms with Crippen molar-refractivity contribution in [2.24, 2.45) is 0 Å². The van der Waals surface area contributed by atoms with Gasteiger partial charge in [0.05, 0.1) is 10.6 Å². The molecule has 0 aliphatic carbocycles. The molecule has 208 valence electrons. The molecule has 0 aromatic heterocycles. The number of thioether (sulfide) groups is 1. The molecule has 3 aromatic carbocycles. The van der Waals surface area contributed by atoms with Crippen LogP contribution >= 0.6 is 11.8 Å². The summed E-state index contributed by atoms with van der Waals surface area (Å²) in [5, 5.41) is 2.90. The lowest BCUT2D eigenvalue weighted by Gasteiger charge is -2.33. The monoisotopic (exact) mass is 567 g/mol. The summed E-state index contributed by atoms with van der Waals surface area (Å²) >= 11 is 1.52. The maximum atomic E-state index is 14.0. The summed E-state index contributed by atoms with van der Waals surface area (Å²) in [7, 11) is -4.08. The van der Waals surface area contributed by atoms with Crippen molar-refractivity contribution in [2.45, 2.75) is 56.0 Å². The average Bonchev–Trinajstić information content (AvgIpc) is 2.95. The van der Waals surface area contributed by atoms with Gasteiger partial charge in [-0.3, -0.25) is 13.9 Å². The van der Waals surface area contributed by atoms with Gasteiger partial charge in [-0.25, -0.2) is 8.42 Å². The third kappa shape index (κ3) is 7.86. The Balaban J connectivity index is 2.03. The molecule has 0 spiro atoms. The number of benzene rings is 3. The second kappa shape index (κ2) is 14.2. The van der Waals surface area contributed by atoms with Crippen LogP contribution in [-0.2, 0) is 26.2 Å². The van der Waals surface area contributed by atoms with Crippen LogP contribution in [0.1, 0.15) is 37.8 Å². The predicted molar refractivity (Wildman–Crippen MR) is 158 cm³/mol. The molecule has 3 rings (SSSR count). The number of rotatable bonds is 13. The van der Waals surface area contributed by atoms with Crippen LogP contribution < -0.4 is 9.62 Å². The number of amides is 2. The van der Waals surface area contributed by atoms with E-state index in [1.165, 1.54) is 16.7 Å². The Morgan fingerprint density at radius 1 is 0.923 bits per heavy atom. The third-order valence-corrected chi connectivity index (χ3v) is 8.91. The van der Waals surface area contributed by atoms with E-state index in [1.54, 1.807) is 36.4 Å². The lowest BCUT2D eigenvalue weighted by Crippen LogP contribution is -2.52. The highest BCUT2D eigenvalue weighted by Crippen LogP contribution is 2.26. The molecule has 0 unspecified atom stereocenters. The van der Waals surface area contributed by atoms with Crippen LogP contribution in [0.4, 0.5) is 5.69 Å². The van der Waals surface area contributed by atoms with Gasteiger partial charge in [0.1, 0.15) is 12.6 Å². The lowest BCUT2D eigenvalue weighted by atomic mass is 10.1. The number of hydrogen-bond acceptors (Lipinski definition) is 5. The number of nitrogens with zero attached hydrogens (tertiary/aromatic N) is 2. The molecule has 1 atom stereocenters. The fourth-order valence-corrected chi connectivity index (χ4v) is 6.00. The van der Waals surface area contributed by atoms with Gasteiger partial charge in [0.25, 0.3) is 10.0 Å². The van der Waals surface area contributed by atoms with Crippen LogP contribution in [-0.4, -0.2) is 50.5 Å². The minimum absolute atomic E-state index is 0.0935. The van der Waals surface area contributed by atoms with Gasteiger partial charge in [-0.1, -0.05) is 61.9 Å². The summed E-state index contributed by atoms with van der Waals surface area (Å²) in [4.78, 5) is 29.6. The van der Waals surface area contributed by atoms with Crippen LogP contribution in [0.2, 0.25) is 0 Å². The zero-order valence-electron chi connectivity index (χ0n) is 23.0. The Hall–Kier alpha value is -3.30. The summed E-state index contributed by atoms with van der Waals surface area (Å²) in [6.07, 6.45) is 3.08. The van der Waals surface area contributed by atoms with E-state index in [1.807, 2.05) is 69.5 Å². The normalized spacial score (nSPS) is 12.0. The van der Waals surface area contributed by atoms with Gasteiger partial charge >= 0.3 is 0 Å². The molecule has 7 nitrogen and oxygen atoms in total. The first-order valence-electron chi connectivity index (χ1n) is 13.1. The highest BCUT2D eigenvalue weighted by Gasteiger charge is 2.33. The van der Waals surface area contributed by atoms with E-state index in [9.17, 15) is 18.0 Å². The van der Waals surface area contributed by atoms with E-state index in [2.05, 4.69) is 5.32 Å². The molecule has 0 aliphatic heterocycles. The summed E-state index contributed by atoms with van der Waals surface area (Å²) in [5.74, 6) is -0.705. The van der Waals surface area contributed by atoms with E-state index in [0.717, 1.165) is 26.7 Å². The smallest absolute Gasteiger partial charge is 0.264 e. The minimum atomic E-state index is -4.08. The molecule has 0 fully saturated rings. The molecule has 0 heterocycles. The first kappa shape index (κ1) is 30.2. The summed E-state index contributed by atoms with van der Waals surface area (Å²) < 4.78 is 29.0. The van der Waals surface area contributed by atoms with Gasteiger partial charge in [0.15, 0.2) is 0 Å². The van der Waals surface area contributed by atoms with Crippen molar-refractivity contribution in [3.8, 4) is 0 Å². The Morgan fingerprint density at radius 3 is 2.13 bits per heavy atom. The van der Waals surface area contributed by atoms with Crippen molar-refractivity contribution < 1.29 is 18.0 Å². The third-order valence-electron chi connectivity index (χ3n) is 6.38. The topological polar surface area (TPSA) is 86.8 Å². The SMILES string of the molecule is CCCNC(=O)[C@H](CC)N(Cc1ccccc1)C(=O)CN(c1ccc(C)cc1)S(=O)(=O)c1ccc(SC)cc1. The fourth-order valence-electron chi connectivity index (χ4n) is 4.18. The largest absolute Gasteiger partial charge is 0.354 e. The molecule has 0 saturated heterocycles. The summed E-state index contributed by atoms with van der Waals surface area (Å²) in [6, 6.07) is 22.3. The number of sulfonamides is 1. The Kier molecular flexibility index (Phi) is 11.0. The van der Waals surface area contributed by atoms with Gasteiger partial charge in [0, 0.05) is 18.0 Å². The molecule has 0 aliphatic rings. The fraction of sp³-hybridized carbons (Fsp3) is 0.333. The molecule has 1 N–H and O–H groups in total. The zero-order chi connectivity index (χ0) is 28.4. The van der Waals surface area contributed by atoms with Crippen molar-refractivity contribution in [3.63, 3.8) is 0 Å². The van der Waals surface area contributed by atoms with Crippen LogP contribution in [0.15, 0.2) is 88.7 Å². The van der Waals surface area contributed by atoms with E-state index in [0.29, 0.717) is 18.7 Å². The van der Waals surface area contributed by atoms with Crippen LogP contribution in [0.5, 0.6) is 0 Å². The Morgan fingerprint density at radius 2 is 1.56 bits per heavy atom. The Bertz CT molecular complexity index is 1330. The highest BCUT2D eigenvalue weighted by atomic mass is 32.2. The first-order chi connectivity index (χ1) is 18.7. The van der Waals surface area contributed by atoms with Crippen LogP contribution in [0.3, 0.4) is 0 Å². The molecule has 39 heavy (non-hydrogen) atoms. The van der Waals surface area contributed by atoms with Crippen molar-refractivity contribution in [3.05, 3.63) is 90.0 Å². The van der Waals surface area contributed by atoms with Gasteiger partial charge in [-0.15, -0.1) is 11.8 Å². The molecule has 0 radical (unpaired) electrons. The maximum absolute atomic E-state index is 14.0. The minimum Gasteiger partial charge on any atom is -0.354 e. The maximum Gasteiger partial charge on any atom is 0.264 e. The van der Waals surface area contributed by atoms with Gasteiger partial charge < -0.3 is 10.2 Å². The number of anilines is 1. The molecule has 9 heteroatoms. The Labute approximate surface area is 236 Å². The molecule has 0 bridgehead atoms. The van der Waals surface area contributed by atoms with Crippen molar-refractivity contribution in [1.82, 2.24) is 10.2 Å². The number of hydrogen-bond donors (Lipinski definition) is 1. The van der Waals surface area contributed by atoms with E-state index < -0.39 is 28.5 Å². The zero-order valence-corrected chi connectivity index (χ0v) is 24.6. The quantitative estimate of drug-likeness (QED) is 0.285. The van der Waals surface area contributed by atoms with Gasteiger partial charge in [0.2, 0.25) is 11.8 Å². The molecule has 3 aromatic rings. The van der Waals surface area contributed by atoms with Crippen LogP contribution in [0, 0.1) is 6.92 Å². The van der Waals surface area contributed by atoms with Gasteiger partial charge in [-0.2, -0.15) is 0 Å². The van der Waals surface area contributed by atoms with Crippen molar-refractivity contribution in [1.29, 1.82) is 0 Å². The summed E-state index contributed by atoms with van der Waals surface area (Å²) in [5.41, 5.74) is 2.20. The predicted octanol–water partition coefficient (Wildman–Crippen LogP) is 5.25.